The summed E-state index contributed by atoms with van der Waals surface area (Å²) in [6.07, 6.45) is 0. The zero-order chi connectivity index (χ0) is 62.3. The Kier molecular flexibility index (Phi) is 17.6. The first-order chi connectivity index (χ1) is 43.0. The molecule has 0 radical (unpaired) electrons. The normalized spacial score (nSPS) is 13.9. The number of aryl methyl sites for hydroxylation is 12. The Morgan fingerprint density at radius 3 is 0.315 bits per heavy atom. The maximum absolute atomic E-state index is 4.23. The van der Waals surface area contributed by atoms with Crippen molar-refractivity contribution in [2.75, 3.05) is 0 Å². The predicted octanol–water partition coefficient (Wildman–Crippen LogP) is 16.4. The molecule has 0 amide bonds. The van der Waals surface area contributed by atoms with Crippen molar-refractivity contribution in [1.29, 1.82) is 0 Å². The molecule has 0 N–H and O–H groups in total. The van der Waals surface area contributed by atoms with Gasteiger partial charge in [-0.1, -0.05) is 0 Å². The van der Waals surface area contributed by atoms with E-state index in [4.69, 9.17) is 0 Å². The Morgan fingerprint density at radius 1 is 0.146 bits per heavy atom. The topological polar surface area (TPSA) is 0 Å². The molecular weight excluding hydrogens is 1190 g/mol. The molecule has 0 nitrogen and oxygen atoms in total. The molecule has 12 rings (SSSR count). The van der Waals surface area contributed by atoms with Gasteiger partial charge in [-0.05, 0) is 0 Å². The molecule has 0 fully saturated rings. The minimum absolute atomic E-state index is 1.27. The van der Waals surface area contributed by atoms with Gasteiger partial charge < -0.3 is 0 Å². The molecule has 0 unspecified atom stereocenters. The summed E-state index contributed by atoms with van der Waals surface area (Å²) in [5.74, 6) is 0. The predicted molar refractivity (Wildman–Crippen MR) is 403 cm³/mol. The molecule has 454 valence electrons. The zero-order valence-corrected chi connectivity index (χ0v) is 59.0. The van der Waals surface area contributed by atoms with Crippen molar-refractivity contribution in [1.82, 2.24) is 0 Å². The molecule has 0 aromatic heterocycles. The quantitative estimate of drug-likeness (QED) is 0.0668. The van der Waals surface area contributed by atoms with E-state index in [0.29, 0.717) is 0 Å². The van der Waals surface area contributed by atoms with Crippen LogP contribution in [-0.4, -0.2) is 0 Å². The van der Waals surface area contributed by atoms with Crippen molar-refractivity contribution >= 4 is 87.8 Å². The molecule has 0 atom stereocenters. The summed E-state index contributed by atoms with van der Waals surface area (Å²) in [6, 6.07) is 106. The molecule has 12 aromatic rings. The number of hydrogen-bond donors (Lipinski definition) is 0. The third-order valence-electron chi connectivity index (χ3n) is 18.2. The summed E-state index contributed by atoms with van der Waals surface area (Å²) in [4.78, 5) is 0. The van der Waals surface area contributed by atoms with Crippen LogP contribution in [0.25, 0.3) is 0 Å². The Morgan fingerprint density at radius 2 is 0.236 bits per heavy atom. The van der Waals surface area contributed by atoms with Gasteiger partial charge in [0.1, 0.15) is 0 Å². The second-order valence-corrected chi connectivity index (χ2v) is 63.2. The molecule has 12 aromatic carbocycles. The van der Waals surface area contributed by atoms with Gasteiger partial charge in [0.15, 0.2) is 0 Å². The Bertz CT molecular complexity index is 3560. The summed E-state index contributed by atoms with van der Waals surface area (Å²) < 4.78 is 0. The van der Waals surface area contributed by atoms with E-state index in [1.807, 2.05) is 0 Å². The molecule has 0 heterocycles. The van der Waals surface area contributed by atoms with Crippen molar-refractivity contribution in [2.24, 2.45) is 0 Å². The summed E-state index contributed by atoms with van der Waals surface area (Å²) in [7, 11) is -3.36. The molecule has 0 spiro atoms. The molecular formula is C84H88NiP4. The van der Waals surface area contributed by atoms with Gasteiger partial charge in [-0.2, -0.15) is 0 Å². The van der Waals surface area contributed by atoms with Gasteiger partial charge in [-0.3, -0.25) is 0 Å². The third-order valence-corrected chi connectivity index (χ3v) is 92.7. The van der Waals surface area contributed by atoms with Crippen LogP contribution in [0.1, 0.15) is 66.8 Å². The van der Waals surface area contributed by atoms with Gasteiger partial charge in [-0.25, -0.2) is 0 Å². The van der Waals surface area contributed by atoms with E-state index < -0.39 is 34.8 Å². The van der Waals surface area contributed by atoms with Crippen LogP contribution in [0.3, 0.4) is 0 Å². The standard InChI is InChI=1S/4C21H21P.Ni/c4*1-16-7-4-10-19(13-16)22(20-11-5-8-17(2)14-20)21-12-6-9-18(3)15-21;/h4*4-15H,1-3H3;/q;;;;-4/p+4. The average Bonchev–Trinajstić information content (AvgIpc) is 0.621. The van der Waals surface area contributed by atoms with Gasteiger partial charge in [-0.15, -0.1) is 0 Å². The van der Waals surface area contributed by atoms with Crippen LogP contribution in [0.2, 0.25) is 0 Å². The van der Waals surface area contributed by atoms with Gasteiger partial charge in [0.25, 0.3) is 0 Å². The molecule has 0 saturated heterocycles. The molecule has 0 saturated carbocycles. The van der Waals surface area contributed by atoms with Gasteiger partial charge in [0, 0.05) is 0 Å². The van der Waals surface area contributed by atoms with E-state index in [-0.39, 0.29) is 0 Å². The summed E-state index contributed by atoms with van der Waals surface area (Å²) in [5, 5.41) is 17.6. The van der Waals surface area contributed by atoms with Crippen LogP contribution in [0.5, 0.6) is 0 Å². The fourth-order valence-electron chi connectivity index (χ4n) is 14.9. The first-order valence-electron chi connectivity index (χ1n) is 31.5. The number of rotatable bonds is 16. The Labute approximate surface area is 535 Å². The summed E-state index contributed by atoms with van der Waals surface area (Å²) in [6.45, 7) is 28.5. The minimum atomic E-state index is -4.23. The molecule has 89 heavy (non-hydrogen) atoms. The van der Waals surface area contributed by atoms with Gasteiger partial charge in [0.05, 0.1) is 0 Å². The van der Waals surface area contributed by atoms with E-state index in [2.05, 4.69) is 374 Å². The van der Waals surface area contributed by atoms with E-state index in [1.54, 1.807) is 0 Å². The average molecular weight is 1280 g/mol. The van der Waals surface area contributed by atoms with Crippen molar-refractivity contribution in [2.45, 2.75) is 83.1 Å². The maximum atomic E-state index is 2.73. The third kappa shape index (κ3) is 10.3. The fourth-order valence-corrected chi connectivity index (χ4v) is 131. The molecule has 0 aliphatic heterocycles. The number of benzene rings is 12. The van der Waals surface area contributed by atoms with Crippen LogP contribution >= 0.6 is 24.1 Å². The second kappa shape index (κ2) is 25.3. The first-order valence-corrected chi connectivity index (χ1v) is 44.7. The van der Waals surface area contributed by atoms with Crippen molar-refractivity contribution in [3.8, 4) is 0 Å². The van der Waals surface area contributed by atoms with Gasteiger partial charge >= 0.3 is 539 Å². The molecule has 0 aliphatic rings. The monoisotopic (exact) mass is 1280 g/mol. The van der Waals surface area contributed by atoms with Crippen molar-refractivity contribution in [3.05, 3.63) is 358 Å². The molecule has 5 heteroatoms. The summed E-state index contributed by atoms with van der Waals surface area (Å²) in [5.41, 5.74) is 15.2. The Balaban J connectivity index is 1.72. The van der Waals surface area contributed by atoms with Crippen molar-refractivity contribution < 1.29 is 10.7 Å². The second-order valence-electron chi connectivity index (χ2n) is 25.4. The summed E-state index contributed by atoms with van der Waals surface area (Å²) >= 11 is 0. The van der Waals surface area contributed by atoms with Crippen LogP contribution in [0.15, 0.2) is 291 Å². The SMILES string of the molecule is Cc1cccc([PH](c2cccc(C)c2)(c2cccc(C)c2)[Ni]([PH](c2cccc(C)c2)(c2cccc(C)c2)c2cccc(C)c2)([PH](c2cccc(C)c2)(c2cccc(C)c2)c2cccc(C)c2)[PH](c2cccc(C)c2)(c2cccc(C)c2)c2cccc(C)c2)c1. The zero-order valence-electron chi connectivity index (χ0n) is 54.0. The first kappa shape index (κ1) is 62.1. The molecule has 0 bridgehead atoms. The fraction of sp³-hybridized carbons (Fsp3) is 0.143. The molecule has 0 aliphatic carbocycles. The van der Waals surface area contributed by atoms with Crippen molar-refractivity contribution in [3.63, 3.8) is 0 Å². The Hall–Kier alpha value is -7.15. The van der Waals surface area contributed by atoms with Gasteiger partial charge in [0.2, 0.25) is 0 Å². The van der Waals surface area contributed by atoms with E-state index in [9.17, 15) is 0 Å². The van der Waals surface area contributed by atoms with E-state index >= 15 is 0 Å². The van der Waals surface area contributed by atoms with Crippen LogP contribution in [0, 0.1) is 83.1 Å². The number of hydrogen-bond acceptors (Lipinski definition) is 0. The van der Waals surface area contributed by atoms with Crippen LogP contribution < -0.4 is 63.7 Å². The van der Waals surface area contributed by atoms with Crippen LogP contribution in [-0.2, 0) is 10.7 Å². The van der Waals surface area contributed by atoms with E-state index in [1.165, 1.54) is 130 Å². The van der Waals surface area contributed by atoms with Crippen LogP contribution in [0.4, 0.5) is 0 Å². The van der Waals surface area contributed by atoms with E-state index in [0.717, 1.165) is 0 Å².